The zero-order valence-electron chi connectivity index (χ0n) is 11.3. The Morgan fingerprint density at radius 1 is 1.33 bits per heavy atom. The molecule has 0 fully saturated rings. The van der Waals surface area contributed by atoms with Crippen molar-refractivity contribution < 1.29 is 4.79 Å². The van der Waals surface area contributed by atoms with Crippen LogP contribution < -0.4 is 10.2 Å². The molecule has 0 atom stereocenters. The van der Waals surface area contributed by atoms with Crippen molar-refractivity contribution in [2.75, 3.05) is 39.6 Å². The normalized spacial score (nSPS) is 10.3. The number of carbonyl (C=O) groups excluding carboxylic acids is 1. The van der Waals surface area contributed by atoms with Crippen LogP contribution in [0.1, 0.15) is 5.56 Å². The third kappa shape index (κ3) is 3.89. The van der Waals surface area contributed by atoms with Crippen molar-refractivity contribution in [3.8, 4) is 0 Å². The lowest BCUT2D eigenvalue weighted by Crippen LogP contribution is -2.34. The summed E-state index contributed by atoms with van der Waals surface area (Å²) in [5.41, 5.74) is 1.99. The number of nitrogens with one attached hydrogen (secondary N) is 1. The molecular formula is C13H20ClN3O. The molecule has 1 aromatic carbocycles. The summed E-state index contributed by atoms with van der Waals surface area (Å²) in [6, 6.07) is 5.87. The summed E-state index contributed by atoms with van der Waals surface area (Å²) in [6.07, 6.45) is 0. The van der Waals surface area contributed by atoms with E-state index in [0.29, 0.717) is 11.6 Å². The van der Waals surface area contributed by atoms with Gasteiger partial charge in [-0.05, 0) is 24.7 Å². The van der Waals surface area contributed by atoms with Gasteiger partial charge in [0.1, 0.15) is 0 Å². The minimum absolute atomic E-state index is 0.0490. The maximum atomic E-state index is 11.6. The highest BCUT2D eigenvalue weighted by molar-refractivity contribution is 6.33. The molecule has 0 aromatic heterocycles. The average molecular weight is 270 g/mol. The summed E-state index contributed by atoms with van der Waals surface area (Å²) in [5, 5.41) is 3.74. The van der Waals surface area contributed by atoms with E-state index in [2.05, 4.69) is 5.32 Å². The van der Waals surface area contributed by atoms with Crippen molar-refractivity contribution in [2.24, 2.45) is 0 Å². The van der Waals surface area contributed by atoms with Gasteiger partial charge in [-0.3, -0.25) is 4.79 Å². The van der Waals surface area contributed by atoms with Gasteiger partial charge in [-0.15, -0.1) is 0 Å². The minimum atomic E-state index is 0.0490. The van der Waals surface area contributed by atoms with E-state index in [-0.39, 0.29) is 5.91 Å². The number of hydrogen-bond donors (Lipinski definition) is 1. The van der Waals surface area contributed by atoms with Gasteiger partial charge >= 0.3 is 0 Å². The third-order valence-electron chi connectivity index (χ3n) is 2.68. The lowest BCUT2D eigenvalue weighted by Gasteiger charge is -2.22. The molecule has 0 saturated heterocycles. The molecule has 1 aromatic rings. The molecule has 1 rings (SSSR count). The van der Waals surface area contributed by atoms with Crippen LogP contribution in [0.25, 0.3) is 0 Å². The van der Waals surface area contributed by atoms with Crippen molar-refractivity contribution >= 4 is 23.2 Å². The summed E-state index contributed by atoms with van der Waals surface area (Å²) in [4.78, 5) is 15.1. The number of nitrogens with zero attached hydrogens (tertiary/aromatic N) is 2. The highest BCUT2D eigenvalue weighted by Crippen LogP contribution is 2.26. The van der Waals surface area contributed by atoms with Crippen LogP contribution in [0.15, 0.2) is 18.2 Å². The Kier molecular flexibility index (Phi) is 5.44. The molecule has 0 bridgehead atoms. The topological polar surface area (TPSA) is 35.6 Å². The monoisotopic (exact) mass is 269 g/mol. The first-order valence-corrected chi connectivity index (χ1v) is 6.17. The molecule has 1 N–H and O–H groups in total. The quantitative estimate of drug-likeness (QED) is 0.882. The number of anilines is 1. The summed E-state index contributed by atoms with van der Waals surface area (Å²) >= 11 is 6.23. The Hall–Kier alpha value is -1.26. The molecule has 100 valence electrons. The SMILES string of the molecule is CNCc1ccc(N(C)CC(=O)N(C)C)c(Cl)c1. The second-order valence-electron chi connectivity index (χ2n) is 4.46. The molecule has 5 heteroatoms. The van der Waals surface area contributed by atoms with Gasteiger partial charge in [0, 0.05) is 27.7 Å². The van der Waals surface area contributed by atoms with E-state index >= 15 is 0 Å². The number of rotatable bonds is 5. The number of benzene rings is 1. The van der Waals surface area contributed by atoms with Gasteiger partial charge in [0.15, 0.2) is 0 Å². The van der Waals surface area contributed by atoms with Gasteiger partial charge in [-0.1, -0.05) is 17.7 Å². The van der Waals surface area contributed by atoms with Crippen LogP contribution in [0.3, 0.4) is 0 Å². The first-order chi connectivity index (χ1) is 8.45. The summed E-state index contributed by atoms with van der Waals surface area (Å²) in [6.45, 7) is 1.10. The van der Waals surface area contributed by atoms with E-state index in [4.69, 9.17) is 11.6 Å². The third-order valence-corrected chi connectivity index (χ3v) is 2.98. The van der Waals surface area contributed by atoms with Gasteiger partial charge in [0.05, 0.1) is 17.3 Å². The van der Waals surface area contributed by atoms with E-state index in [0.717, 1.165) is 17.8 Å². The van der Waals surface area contributed by atoms with Crippen LogP contribution in [0.4, 0.5) is 5.69 Å². The van der Waals surface area contributed by atoms with E-state index in [1.807, 2.05) is 37.2 Å². The fourth-order valence-electron chi connectivity index (χ4n) is 1.60. The smallest absolute Gasteiger partial charge is 0.241 e. The Bertz CT molecular complexity index is 421. The maximum absolute atomic E-state index is 11.6. The van der Waals surface area contributed by atoms with Crippen molar-refractivity contribution in [3.63, 3.8) is 0 Å². The predicted molar refractivity (Wildman–Crippen MR) is 76.2 cm³/mol. The Morgan fingerprint density at radius 2 is 2.00 bits per heavy atom. The second kappa shape index (κ2) is 6.61. The van der Waals surface area contributed by atoms with E-state index in [1.165, 1.54) is 0 Å². The van der Waals surface area contributed by atoms with Crippen LogP contribution in [0.2, 0.25) is 5.02 Å². The van der Waals surface area contributed by atoms with Gasteiger partial charge in [0.2, 0.25) is 5.91 Å². The van der Waals surface area contributed by atoms with Crippen LogP contribution >= 0.6 is 11.6 Å². The van der Waals surface area contributed by atoms with Gasteiger partial charge in [-0.25, -0.2) is 0 Å². The molecular weight excluding hydrogens is 250 g/mol. The molecule has 1 amide bonds. The fraction of sp³-hybridized carbons (Fsp3) is 0.462. The molecule has 0 radical (unpaired) electrons. The first kappa shape index (κ1) is 14.8. The minimum Gasteiger partial charge on any atom is -0.364 e. The van der Waals surface area contributed by atoms with Crippen LogP contribution in [0.5, 0.6) is 0 Å². The summed E-state index contributed by atoms with van der Waals surface area (Å²) in [5.74, 6) is 0.0490. The van der Waals surface area contributed by atoms with Gasteiger partial charge in [0.25, 0.3) is 0 Å². The van der Waals surface area contributed by atoms with E-state index in [9.17, 15) is 4.79 Å². The molecule has 0 saturated carbocycles. The lowest BCUT2D eigenvalue weighted by molar-refractivity contribution is -0.127. The molecule has 0 unspecified atom stereocenters. The molecule has 0 aliphatic carbocycles. The highest BCUT2D eigenvalue weighted by Gasteiger charge is 2.12. The Labute approximate surface area is 114 Å². The van der Waals surface area contributed by atoms with Crippen molar-refractivity contribution in [1.82, 2.24) is 10.2 Å². The molecule has 4 nitrogen and oxygen atoms in total. The van der Waals surface area contributed by atoms with Crippen molar-refractivity contribution in [1.29, 1.82) is 0 Å². The molecule has 0 spiro atoms. The number of likely N-dealkylation sites (N-methyl/N-ethyl adjacent to an activating group) is 2. The van der Waals surface area contributed by atoms with Crippen LogP contribution in [-0.4, -0.2) is 45.5 Å². The predicted octanol–water partition coefficient (Wildman–Crippen LogP) is 1.58. The fourth-order valence-corrected chi connectivity index (χ4v) is 1.95. The number of hydrogen-bond acceptors (Lipinski definition) is 3. The van der Waals surface area contributed by atoms with Gasteiger partial charge in [-0.2, -0.15) is 0 Å². The molecule has 0 aliphatic heterocycles. The van der Waals surface area contributed by atoms with E-state index < -0.39 is 0 Å². The average Bonchev–Trinajstić information content (AvgIpc) is 2.29. The first-order valence-electron chi connectivity index (χ1n) is 5.80. The maximum Gasteiger partial charge on any atom is 0.241 e. The molecule has 18 heavy (non-hydrogen) atoms. The standard InChI is InChI=1S/C13H20ClN3O/c1-15-8-10-5-6-12(11(14)7-10)17(4)9-13(18)16(2)3/h5-7,15H,8-9H2,1-4H3. The second-order valence-corrected chi connectivity index (χ2v) is 4.87. The van der Waals surface area contributed by atoms with E-state index in [1.54, 1.807) is 19.0 Å². The molecule has 0 aliphatic rings. The van der Waals surface area contributed by atoms with Crippen molar-refractivity contribution in [2.45, 2.75) is 6.54 Å². The Morgan fingerprint density at radius 3 is 2.50 bits per heavy atom. The zero-order chi connectivity index (χ0) is 13.7. The molecule has 0 heterocycles. The van der Waals surface area contributed by atoms with Gasteiger partial charge < -0.3 is 15.1 Å². The number of halogens is 1. The summed E-state index contributed by atoms with van der Waals surface area (Å²) in [7, 11) is 7.24. The lowest BCUT2D eigenvalue weighted by atomic mass is 10.2. The zero-order valence-corrected chi connectivity index (χ0v) is 12.1. The van der Waals surface area contributed by atoms with Crippen LogP contribution in [0, 0.1) is 0 Å². The Balaban J connectivity index is 2.80. The summed E-state index contributed by atoms with van der Waals surface area (Å²) < 4.78 is 0. The number of carbonyl (C=O) groups is 1. The number of amides is 1. The largest absolute Gasteiger partial charge is 0.364 e. The van der Waals surface area contributed by atoms with Crippen LogP contribution in [-0.2, 0) is 11.3 Å². The highest BCUT2D eigenvalue weighted by atomic mass is 35.5. The van der Waals surface area contributed by atoms with Crippen molar-refractivity contribution in [3.05, 3.63) is 28.8 Å².